The maximum Gasteiger partial charge on any atom is 0.291 e. The first-order valence-corrected chi connectivity index (χ1v) is 9.70. The molecule has 0 amide bonds. The number of hydrogen-bond acceptors (Lipinski definition) is 5. The number of anilines is 2. The van der Waals surface area contributed by atoms with Gasteiger partial charge in [0.15, 0.2) is 5.78 Å². The largest absolute Gasteiger partial charge is 0.506 e. The van der Waals surface area contributed by atoms with Crippen LogP contribution in [0.2, 0.25) is 0 Å². The van der Waals surface area contributed by atoms with Gasteiger partial charge in [-0.15, -0.1) is 0 Å². The zero-order valence-electron chi connectivity index (χ0n) is 16.7. The highest BCUT2D eigenvalue weighted by atomic mass is 16.3. The van der Waals surface area contributed by atoms with Gasteiger partial charge in [0.1, 0.15) is 17.1 Å². The van der Waals surface area contributed by atoms with Crippen molar-refractivity contribution >= 4 is 27.9 Å². The topological polar surface area (TPSA) is 84.2 Å². The van der Waals surface area contributed by atoms with E-state index in [1.807, 2.05) is 61.5 Å². The van der Waals surface area contributed by atoms with Gasteiger partial charge in [0.25, 0.3) is 5.56 Å². The van der Waals surface area contributed by atoms with Gasteiger partial charge in [0, 0.05) is 17.5 Å². The third-order valence-electron chi connectivity index (χ3n) is 5.01. The Morgan fingerprint density at radius 3 is 2.40 bits per heavy atom. The molecule has 0 saturated carbocycles. The number of aryl methyl sites for hydroxylation is 1. The van der Waals surface area contributed by atoms with Crippen LogP contribution in [-0.2, 0) is 6.54 Å². The van der Waals surface area contributed by atoms with Crippen molar-refractivity contribution in [1.82, 2.24) is 9.78 Å². The number of benzene rings is 3. The van der Waals surface area contributed by atoms with E-state index < -0.39 is 5.56 Å². The van der Waals surface area contributed by atoms with Crippen LogP contribution in [0.4, 0.5) is 11.4 Å². The molecule has 1 aromatic heterocycles. The number of nitrogens with one attached hydrogen (secondary N) is 1. The maximum atomic E-state index is 13.2. The number of phenolic OH excluding ortho intramolecular Hbond substituents is 1. The first-order valence-electron chi connectivity index (χ1n) is 9.70. The van der Waals surface area contributed by atoms with E-state index in [2.05, 4.69) is 10.4 Å². The Bertz CT molecular complexity index is 1310. The number of carbonyl (C=O) groups excluding carboxylic acids is 1. The first-order chi connectivity index (χ1) is 14.5. The monoisotopic (exact) mass is 399 g/mol. The second-order valence-electron chi connectivity index (χ2n) is 6.95. The number of Topliss-reactive ketones (excluding diaryl/α,β-unsaturated/α-hetero) is 1. The molecule has 0 radical (unpaired) electrons. The molecule has 0 unspecified atom stereocenters. The Balaban J connectivity index is 2.02. The van der Waals surface area contributed by atoms with Crippen molar-refractivity contribution in [3.63, 3.8) is 0 Å². The SMILES string of the molecule is CCn1nc(-c2ccccc2)c(C(C)=O)c(Nc2c(O)ccc3ccccc23)c1=O. The van der Waals surface area contributed by atoms with Crippen LogP contribution in [0, 0.1) is 0 Å². The summed E-state index contributed by atoms with van der Waals surface area (Å²) in [5.74, 6) is -0.298. The highest BCUT2D eigenvalue weighted by Gasteiger charge is 2.23. The van der Waals surface area contributed by atoms with E-state index in [1.54, 1.807) is 12.1 Å². The van der Waals surface area contributed by atoms with Crippen LogP contribution < -0.4 is 10.9 Å². The van der Waals surface area contributed by atoms with Crippen molar-refractivity contribution in [3.8, 4) is 17.0 Å². The molecule has 3 aromatic carbocycles. The Labute approximate surface area is 173 Å². The third kappa shape index (κ3) is 3.33. The van der Waals surface area contributed by atoms with Gasteiger partial charge in [0.2, 0.25) is 0 Å². The van der Waals surface area contributed by atoms with Gasteiger partial charge in [-0.1, -0.05) is 60.7 Å². The lowest BCUT2D eigenvalue weighted by atomic mass is 10.0. The molecule has 150 valence electrons. The molecular weight excluding hydrogens is 378 g/mol. The van der Waals surface area contributed by atoms with Gasteiger partial charge in [-0.2, -0.15) is 5.10 Å². The van der Waals surface area contributed by atoms with Crippen molar-refractivity contribution in [3.05, 3.63) is 82.6 Å². The molecule has 6 heteroatoms. The van der Waals surface area contributed by atoms with Crippen LogP contribution in [0.5, 0.6) is 5.75 Å². The number of nitrogens with zero attached hydrogens (tertiary/aromatic N) is 2. The van der Waals surface area contributed by atoms with Gasteiger partial charge < -0.3 is 10.4 Å². The van der Waals surface area contributed by atoms with Crippen LogP contribution in [0.25, 0.3) is 22.0 Å². The summed E-state index contributed by atoms with van der Waals surface area (Å²) >= 11 is 0. The van der Waals surface area contributed by atoms with Gasteiger partial charge in [0.05, 0.1) is 11.3 Å². The smallest absolute Gasteiger partial charge is 0.291 e. The van der Waals surface area contributed by atoms with E-state index in [1.165, 1.54) is 11.6 Å². The molecule has 0 aliphatic rings. The Morgan fingerprint density at radius 1 is 1.00 bits per heavy atom. The highest BCUT2D eigenvalue weighted by Crippen LogP contribution is 2.36. The third-order valence-corrected chi connectivity index (χ3v) is 5.01. The predicted octanol–water partition coefficient (Wildman–Crippen LogP) is 4.74. The van der Waals surface area contributed by atoms with Crippen LogP contribution in [0.1, 0.15) is 24.2 Å². The van der Waals surface area contributed by atoms with E-state index in [4.69, 9.17) is 0 Å². The molecule has 0 saturated heterocycles. The fraction of sp³-hybridized carbons (Fsp3) is 0.125. The van der Waals surface area contributed by atoms with E-state index in [-0.39, 0.29) is 22.8 Å². The van der Waals surface area contributed by atoms with Crippen molar-refractivity contribution in [2.45, 2.75) is 20.4 Å². The second kappa shape index (κ2) is 7.83. The van der Waals surface area contributed by atoms with Crippen LogP contribution in [0.3, 0.4) is 0 Å². The molecule has 2 N–H and O–H groups in total. The molecule has 0 aliphatic heterocycles. The summed E-state index contributed by atoms with van der Waals surface area (Å²) in [5.41, 5.74) is 1.41. The van der Waals surface area contributed by atoms with Gasteiger partial charge >= 0.3 is 0 Å². The molecule has 0 aliphatic carbocycles. The summed E-state index contributed by atoms with van der Waals surface area (Å²) in [7, 11) is 0. The minimum Gasteiger partial charge on any atom is -0.506 e. The molecule has 30 heavy (non-hydrogen) atoms. The molecule has 4 rings (SSSR count). The number of carbonyl (C=O) groups is 1. The summed E-state index contributed by atoms with van der Waals surface area (Å²) in [5, 5.41) is 19.7. The quantitative estimate of drug-likeness (QED) is 0.374. The Morgan fingerprint density at radius 2 is 1.70 bits per heavy atom. The fourth-order valence-corrected chi connectivity index (χ4v) is 3.56. The summed E-state index contributed by atoms with van der Waals surface area (Å²) < 4.78 is 1.32. The molecule has 0 bridgehead atoms. The van der Waals surface area contributed by atoms with E-state index in [0.29, 0.717) is 17.9 Å². The minimum atomic E-state index is -0.422. The molecule has 0 spiro atoms. The molecule has 1 heterocycles. The number of aromatic hydroxyl groups is 1. The zero-order chi connectivity index (χ0) is 21.3. The normalized spacial score (nSPS) is 10.9. The summed E-state index contributed by atoms with van der Waals surface area (Å²) in [4.78, 5) is 25.8. The Hall–Kier alpha value is -3.93. The number of ketones is 1. The van der Waals surface area contributed by atoms with E-state index >= 15 is 0 Å². The van der Waals surface area contributed by atoms with Crippen molar-refractivity contribution in [2.75, 3.05) is 5.32 Å². The number of hydrogen-bond donors (Lipinski definition) is 2. The first kappa shape index (κ1) is 19.4. The minimum absolute atomic E-state index is 0.0104. The van der Waals surface area contributed by atoms with Gasteiger partial charge in [-0.05, 0) is 25.3 Å². The average Bonchev–Trinajstić information content (AvgIpc) is 2.77. The number of phenols is 1. The fourth-order valence-electron chi connectivity index (χ4n) is 3.56. The molecule has 0 atom stereocenters. The zero-order valence-corrected chi connectivity index (χ0v) is 16.7. The lowest BCUT2D eigenvalue weighted by molar-refractivity contribution is 0.101. The summed E-state index contributed by atoms with van der Waals surface area (Å²) in [6, 6.07) is 20.2. The summed E-state index contributed by atoms with van der Waals surface area (Å²) in [6.07, 6.45) is 0. The average molecular weight is 399 g/mol. The van der Waals surface area contributed by atoms with Gasteiger partial charge in [-0.25, -0.2) is 4.68 Å². The van der Waals surface area contributed by atoms with Crippen molar-refractivity contribution < 1.29 is 9.90 Å². The maximum absolute atomic E-state index is 13.2. The lowest BCUT2D eigenvalue weighted by Gasteiger charge is -2.17. The van der Waals surface area contributed by atoms with Crippen LogP contribution in [0.15, 0.2) is 71.5 Å². The van der Waals surface area contributed by atoms with Gasteiger partial charge in [-0.3, -0.25) is 9.59 Å². The van der Waals surface area contributed by atoms with Crippen LogP contribution >= 0.6 is 0 Å². The van der Waals surface area contributed by atoms with E-state index in [0.717, 1.165) is 16.3 Å². The van der Waals surface area contributed by atoms with Crippen LogP contribution in [-0.4, -0.2) is 20.7 Å². The molecule has 4 aromatic rings. The number of aromatic nitrogens is 2. The molecular formula is C24H21N3O3. The number of rotatable bonds is 5. The molecule has 6 nitrogen and oxygen atoms in total. The van der Waals surface area contributed by atoms with E-state index in [9.17, 15) is 14.7 Å². The molecule has 0 fully saturated rings. The van der Waals surface area contributed by atoms with Crippen molar-refractivity contribution in [2.24, 2.45) is 0 Å². The standard InChI is InChI=1S/C24H21N3O3/c1-3-27-24(30)23(20(15(2)28)21(26-27)17-10-5-4-6-11-17)25-22-18-12-8-7-9-16(18)13-14-19(22)29/h4-14,25,29H,3H2,1-2H3. The van der Waals surface area contributed by atoms with Crippen molar-refractivity contribution in [1.29, 1.82) is 0 Å². The lowest BCUT2D eigenvalue weighted by Crippen LogP contribution is -2.28. The summed E-state index contributed by atoms with van der Waals surface area (Å²) in [6.45, 7) is 3.57. The Kier molecular flexibility index (Phi) is 5.06. The highest BCUT2D eigenvalue weighted by molar-refractivity contribution is 6.07. The second-order valence-corrected chi connectivity index (χ2v) is 6.95. The predicted molar refractivity (Wildman–Crippen MR) is 119 cm³/mol. The number of fused-ring (bicyclic) bond motifs is 1.